The molecule has 6 nitrogen and oxygen atoms in total. The van der Waals surface area contributed by atoms with Crippen molar-refractivity contribution in [1.82, 2.24) is 10.3 Å². The normalized spacial score (nSPS) is 17.2. The van der Waals surface area contributed by atoms with Crippen LogP contribution in [0.3, 0.4) is 0 Å². The molecule has 7 heteroatoms. The maximum absolute atomic E-state index is 12.3. The molecule has 1 N–H and O–H groups in total. The Morgan fingerprint density at radius 2 is 2.33 bits per heavy atom. The highest BCUT2D eigenvalue weighted by molar-refractivity contribution is 7.09. The van der Waals surface area contributed by atoms with Crippen molar-refractivity contribution in [2.45, 2.75) is 19.9 Å². The maximum Gasteiger partial charge on any atom is 0.227 e. The van der Waals surface area contributed by atoms with E-state index < -0.39 is 0 Å². The number of benzene rings is 1. The van der Waals surface area contributed by atoms with Gasteiger partial charge in [-0.05, 0) is 19.1 Å². The Hall–Kier alpha value is -2.41. The molecule has 0 bridgehead atoms. The van der Waals surface area contributed by atoms with Gasteiger partial charge in [0.15, 0.2) is 0 Å². The first-order valence-corrected chi connectivity index (χ1v) is 8.58. The van der Waals surface area contributed by atoms with Crippen molar-refractivity contribution < 1.29 is 14.3 Å². The van der Waals surface area contributed by atoms with Crippen LogP contribution in [0.1, 0.15) is 17.1 Å². The monoisotopic (exact) mass is 345 g/mol. The number of methoxy groups -OCH3 is 1. The van der Waals surface area contributed by atoms with E-state index in [0.717, 1.165) is 16.4 Å². The minimum absolute atomic E-state index is 0.0477. The fraction of sp³-hybridized carbons (Fsp3) is 0.353. The van der Waals surface area contributed by atoms with Crippen LogP contribution in [0.4, 0.5) is 5.69 Å². The first-order chi connectivity index (χ1) is 11.6. The largest absolute Gasteiger partial charge is 0.497 e. The highest BCUT2D eigenvalue weighted by Gasteiger charge is 2.35. The lowest BCUT2D eigenvalue weighted by atomic mass is 10.1. The van der Waals surface area contributed by atoms with Crippen LogP contribution in [0.5, 0.6) is 5.75 Å². The number of ether oxygens (including phenoxy) is 1. The number of nitrogens with one attached hydrogen (secondary N) is 1. The predicted octanol–water partition coefficient (Wildman–Crippen LogP) is 2.13. The van der Waals surface area contributed by atoms with Gasteiger partial charge in [0.25, 0.3) is 0 Å². The van der Waals surface area contributed by atoms with Crippen LogP contribution in [0.25, 0.3) is 0 Å². The number of anilines is 1. The van der Waals surface area contributed by atoms with E-state index in [1.807, 2.05) is 30.5 Å². The van der Waals surface area contributed by atoms with Crippen LogP contribution >= 0.6 is 11.3 Å². The molecule has 0 saturated carbocycles. The fourth-order valence-corrected chi connectivity index (χ4v) is 3.41. The Labute approximate surface area is 144 Å². The van der Waals surface area contributed by atoms with Gasteiger partial charge in [-0.1, -0.05) is 6.07 Å². The molecular formula is C17H19N3O3S. The third-order valence-electron chi connectivity index (χ3n) is 3.94. The van der Waals surface area contributed by atoms with E-state index >= 15 is 0 Å². The molecule has 1 fully saturated rings. The smallest absolute Gasteiger partial charge is 0.227 e. The summed E-state index contributed by atoms with van der Waals surface area (Å²) < 4.78 is 5.19. The van der Waals surface area contributed by atoms with E-state index in [4.69, 9.17) is 4.74 Å². The number of carbonyl (C=O) groups excluding carboxylic acids is 2. The molecule has 3 rings (SSSR count). The second-order valence-electron chi connectivity index (χ2n) is 5.71. The number of nitrogens with zero attached hydrogens (tertiary/aromatic N) is 2. The Bertz CT molecular complexity index is 759. The molecule has 1 aromatic heterocycles. The molecule has 0 spiro atoms. The standard InChI is InChI=1S/C17H19N3O3S/c1-11-10-24-15(19-11)8-18-17(22)12-6-16(21)20(9-12)13-4-3-5-14(7-13)23-2/h3-5,7,10,12H,6,8-9H2,1-2H3,(H,18,22)/t12-/m1/s1. The van der Waals surface area contributed by atoms with Gasteiger partial charge in [-0.3, -0.25) is 9.59 Å². The Morgan fingerprint density at radius 3 is 3.04 bits per heavy atom. The van der Waals surface area contributed by atoms with Crippen LogP contribution in [-0.2, 0) is 16.1 Å². The van der Waals surface area contributed by atoms with Gasteiger partial charge in [0.05, 0.1) is 19.6 Å². The zero-order valence-electron chi connectivity index (χ0n) is 13.6. The van der Waals surface area contributed by atoms with Gasteiger partial charge in [-0.15, -0.1) is 11.3 Å². The third-order valence-corrected chi connectivity index (χ3v) is 4.91. The summed E-state index contributed by atoms with van der Waals surface area (Å²) in [6.45, 7) is 2.71. The summed E-state index contributed by atoms with van der Waals surface area (Å²) in [5, 5.41) is 5.69. The maximum atomic E-state index is 12.3. The molecular weight excluding hydrogens is 326 g/mol. The lowest BCUT2D eigenvalue weighted by Gasteiger charge is -2.17. The molecule has 1 aromatic carbocycles. The Kier molecular flexibility index (Phi) is 4.80. The van der Waals surface area contributed by atoms with Crippen LogP contribution < -0.4 is 15.0 Å². The van der Waals surface area contributed by atoms with E-state index in [2.05, 4.69) is 10.3 Å². The first kappa shape index (κ1) is 16.4. The Balaban J connectivity index is 1.62. The first-order valence-electron chi connectivity index (χ1n) is 7.70. The van der Waals surface area contributed by atoms with Gasteiger partial charge in [0.2, 0.25) is 11.8 Å². The van der Waals surface area contributed by atoms with Gasteiger partial charge in [-0.2, -0.15) is 0 Å². The van der Waals surface area contributed by atoms with Crippen LogP contribution in [-0.4, -0.2) is 30.5 Å². The SMILES string of the molecule is COc1cccc(N2C[C@H](C(=O)NCc3nc(C)cs3)CC2=O)c1. The number of hydrogen-bond acceptors (Lipinski definition) is 5. The molecule has 2 amide bonds. The third kappa shape index (κ3) is 3.56. The molecule has 1 aliphatic heterocycles. The summed E-state index contributed by atoms with van der Waals surface area (Å²) in [4.78, 5) is 30.6. The summed E-state index contributed by atoms with van der Waals surface area (Å²) in [6.07, 6.45) is 0.222. The predicted molar refractivity (Wildman–Crippen MR) is 92.2 cm³/mol. The van der Waals surface area contributed by atoms with Crippen molar-refractivity contribution in [3.63, 3.8) is 0 Å². The van der Waals surface area contributed by atoms with Gasteiger partial charge < -0.3 is 15.0 Å². The zero-order chi connectivity index (χ0) is 17.1. The van der Waals surface area contributed by atoms with Crippen LogP contribution in [0.2, 0.25) is 0 Å². The van der Waals surface area contributed by atoms with Crippen molar-refractivity contribution in [2.24, 2.45) is 5.92 Å². The number of carbonyl (C=O) groups is 2. The zero-order valence-corrected chi connectivity index (χ0v) is 14.4. The molecule has 24 heavy (non-hydrogen) atoms. The molecule has 0 radical (unpaired) electrons. The number of rotatable bonds is 5. The van der Waals surface area contributed by atoms with Crippen molar-refractivity contribution in [3.8, 4) is 5.75 Å². The molecule has 1 saturated heterocycles. The molecule has 2 heterocycles. The number of aromatic nitrogens is 1. The van der Waals surface area contributed by atoms with Crippen molar-refractivity contribution in [3.05, 3.63) is 40.3 Å². The molecule has 1 aliphatic rings. The summed E-state index contributed by atoms with van der Waals surface area (Å²) in [5.74, 6) is 0.187. The summed E-state index contributed by atoms with van der Waals surface area (Å²) in [5.41, 5.74) is 1.70. The van der Waals surface area contributed by atoms with Gasteiger partial charge in [0.1, 0.15) is 10.8 Å². The lowest BCUT2D eigenvalue weighted by molar-refractivity contribution is -0.126. The highest BCUT2D eigenvalue weighted by Crippen LogP contribution is 2.28. The molecule has 1 atom stereocenters. The minimum Gasteiger partial charge on any atom is -0.497 e. The number of aryl methyl sites for hydroxylation is 1. The minimum atomic E-state index is -0.343. The number of hydrogen-bond donors (Lipinski definition) is 1. The topological polar surface area (TPSA) is 71.5 Å². The fourth-order valence-electron chi connectivity index (χ4n) is 2.70. The number of thiazole rings is 1. The van der Waals surface area contributed by atoms with Crippen molar-refractivity contribution in [1.29, 1.82) is 0 Å². The van der Waals surface area contributed by atoms with Gasteiger partial charge in [-0.25, -0.2) is 4.98 Å². The van der Waals surface area contributed by atoms with Crippen molar-refractivity contribution in [2.75, 3.05) is 18.6 Å². The highest BCUT2D eigenvalue weighted by atomic mass is 32.1. The van der Waals surface area contributed by atoms with Crippen LogP contribution in [0.15, 0.2) is 29.6 Å². The molecule has 0 aliphatic carbocycles. The van der Waals surface area contributed by atoms with E-state index in [-0.39, 0.29) is 24.2 Å². The number of amides is 2. The molecule has 0 unspecified atom stereocenters. The average molecular weight is 345 g/mol. The molecule has 126 valence electrons. The second kappa shape index (κ2) is 7.00. The van der Waals surface area contributed by atoms with Gasteiger partial charge in [0, 0.05) is 35.8 Å². The Morgan fingerprint density at radius 1 is 1.50 bits per heavy atom. The van der Waals surface area contributed by atoms with Gasteiger partial charge >= 0.3 is 0 Å². The quantitative estimate of drug-likeness (QED) is 0.901. The van der Waals surface area contributed by atoms with E-state index in [1.165, 1.54) is 11.3 Å². The van der Waals surface area contributed by atoms with Crippen molar-refractivity contribution >= 4 is 28.8 Å². The second-order valence-corrected chi connectivity index (χ2v) is 6.65. The summed E-state index contributed by atoms with van der Waals surface area (Å²) >= 11 is 1.52. The lowest BCUT2D eigenvalue weighted by Crippen LogP contribution is -2.32. The van der Waals surface area contributed by atoms with Crippen LogP contribution in [0, 0.1) is 12.8 Å². The average Bonchev–Trinajstić information content (AvgIpc) is 3.18. The van der Waals surface area contributed by atoms with E-state index in [0.29, 0.717) is 18.8 Å². The van der Waals surface area contributed by atoms with E-state index in [9.17, 15) is 9.59 Å². The summed E-state index contributed by atoms with van der Waals surface area (Å²) in [7, 11) is 1.58. The molecule has 2 aromatic rings. The summed E-state index contributed by atoms with van der Waals surface area (Å²) in [6, 6.07) is 7.31. The van der Waals surface area contributed by atoms with E-state index in [1.54, 1.807) is 18.1 Å².